The molecule has 0 unspecified atom stereocenters. The summed E-state index contributed by atoms with van der Waals surface area (Å²) in [5, 5.41) is 0. The van der Waals surface area contributed by atoms with Crippen LogP contribution in [0.4, 0.5) is 14.5 Å². The summed E-state index contributed by atoms with van der Waals surface area (Å²) in [5.74, 6) is -1.66. The highest BCUT2D eigenvalue weighted by atomic mass is 35.7. The monoisotopic (exact) mass is 227 g/mol. The molecular weight excluding hydrogens is 224 g/mol. The molecule has 1 N–H and O–H groups in total. The average Bonchev–Trinajstić information content (AvgIpc) is 1.94. The van der Waals surface area contributed by atoms with Crippen molar-refractivity contribution in [2.75, 3.05) is 4.72 Å². The molecule has 0 aliphatic rings. The lowest BCUT2D eigenvalue weighted by Gasteiger charge is -2.02. The zero-order valence-corrected chi connectivity index (χ0v) is 7.66. The van der Waals surface area contributed by atoms with Gasteiger partial charge in [0.2, 0.25) is 0 Å². The summed E-state index contributed by atoms with van der Waals surface area (Å²) in [6.45, 7) is 0. The van der Waals surface area contributed by atoms with Crippen molar-refractivity contribution in [1.82, 2.24) is 0 Å². The van der Waals surface area contributed by atoms with E-state index in [0.717, 1.165) is 12.1 Å². The molecule has 1 aromatic rings. The molecule has 0 saturated carbocycles. The molecule has 0 fully saturated rings. The lowest BCUT2D eigenvalue weighted by molar-refractivity contribution is 0.600. The molecule has 72 valence electrons. The summed E-state index contributed by atoms with van der Waals surface area (Å²) in [6, 6.07) is 2.34. The Labute approximate surface area is 77.9 Å². The van der Waals surface area contributed by atoms with Crippen molar-refractivity contribution >= 4 is 25.6 Å². The van der Waals surface area contributed by atoms with Crippen LogP contribution in [0.1, 0.15) is 0 Å². The second-order valence-corrected chi connectivity index (χ2v) is 4.46. The number of hydrogen-bond donors (Lipinski definition) is 1. The van der Waals surface area contributed by atoms with Crippen LogP contribution >= 0.6 is 10.7 Å². The summed E-state index contributed by atoms with van der Waals surface area (Å²) in [5.41, 5.74) is -0.519. The Morgan fingerprint density at radius 1 is 1.31 bits per heavy atom. The highest BCUT2D eigenvalue weighted by Gasteiger charge is 2.09. The quantitative estimate of drug-likeness (QED) is 0.784. The number of benzene rings is 1. The van der Waals surface area contributed by atoms with E-state index in [1.807, 2.05) is 0 Å². The fraction of sp³-hybridized carbons (Fsp3) is 0. The van der Waals surface area contributed by atoms with Crippen LogP contribution in [-0.2, 0) is 9.24 Å². The molecule has 0 aromatic heterocycles. The Hall–Kier alpha value is -0.880. The van der Waals surface area contributed by atoms with Crippen LogP contribution in [-0.4, -0.2) is 8.42 Å². The normalized spacial score (nSPS) is 11.3. The molecule has 0 aliphatic carbocycles. The van der Waals surface area contributed by atoms with E-state index >= 15 is 0 Å². The Bertz CT molecular complexity index is 421. The fourth-order valence-corrected chi connectivity index (χ4v) is 1.38. The van der Waals surface area contributed by atoms with Gasteiger partial charge in [0, 0.05) is 16.7 Å². The molecular formula is C6H4ClF2NO2S. The molecule has 0 heterocycles. The maximum Gasteiger partial charge on any atom is 0.319 e. The Morgan fingerprint density at radius 3 is 2.46 bits per heavy atom. The summed E-state index contributed by atoms with van der Waals surface area (Å²) < 4.78 is 47.7. The van der Waals surface area contributed by atoms with Gasteiger partial charge in [-0.05, 0) is 12.1 Å². The lowest BCUT2D eigenvalue weighted by Crippen LogP contribution is -2.06. The maximum absolute atomic E-state index is 12.7. The summed E-state index contributed by atoms with van der Waals surface area (Å²) in [4.78, 5) is 0. The molecule has 0 atom stereocenters. The van der Waals surface area contributed by atoms with Crippen LogP contribution in [0.25, 0.3) is 0 Å². The summed E-state index contributed by atoms with van der Waals surface area (Å²) in [6.07, 6.45) is 0. The standard InChI is InChI=1S/C6H4ClF2NO2S/c7-13(11,12)10-6-3-4(8)1-2-5(6)9/h1-3,10H. The minimum absolute atomic E-state index is 0.519. The topological polar surface area (TPSA) is 46.2 Å². The molecule has 0 amide bonds. The van der Waals surface area contributed by atoms with Gasteiger partial charge in [-0.25, -0.2) is 8.78 Å². The molecule has 1 rings (SSSR count). The van der Waals surface area contributed by atoms with Gasteiger partial charge in [-0.3, -0.25) is 4.72 Å². The van der Waals surface area contributed by atoms with E-state index in [9.17, 15) is 17.2 Å². The third-order valence-electron chi connectivity index (χ3n) is 1.16. The van der Waals surface area contributed by atoms with E-state index in [4.69, 9.17) is 10.7 Å². The molecule has 3 nitrogen and oxygen atoms in total. The van der Waals surface area contributed by atoms with E-state index in [1.165, 1.54) is 0 Å². The molecule has 1 aromatic carbocycles. The first kappa shape index (κ1) is 10.2. The van der Waals surface area contributed by atoms with Gasteiger partial charge in [-0.15, -0.1) is 0 Å². The minimum Gasteiger partial charge on any atom is -0.268 e. The van der Waals surface area contributed by atoms with Crippen molar-refractivity contribution in [1.29, 1.82) is 0 Å². The molecule has 0 bridgehead atoms. The molecule has 7 heteroatoms. The molecule has 0 saturated heterocycles. The van der Waals surface area contributed by atoms with Crippen LogP contribution in [0.15, 0.2) is 18.2 Å². The van der Waals surface area contributed by atoms with Crippen LogP contribution in [0, 0.1) is 11.6 Å². The average molecular weight is 228 g/mol. The van der Waals surface area contributed by atoms with Gasteiger partial charge >= 0.3 is 9.24 Å². The van der Waals surface area contributed by atoms with Gasteiger partial charge in [0.15, 0.2) is 0 Å². The first-order chi connectivity index (χ1) is 5.88. The zero-order valence-electron chi connectivity index (χ0n) is 6.09. The van der Waals surface area contributed by atoms with Gasteiger partial charge in [-0.1, -0.05) is 0 Å². The van der Waals surface area contributed by atoms with Crippen molar-refractivity contribution in [2.24, 2.45) is 0 Å². The van der Waals surface area contributed by atoms with Gasteiger partial charge < -0.3 is 0 Å². The zero-order chi connectivity index (χ0) is 10.1. The number of halogens is 3. The van der Waals surface area contributed by atoms with Crippen LogP contribution in [0.2, 0.25) is 0 Å². The van der Waals surface area contributed by atoms with Crippen LogP contribution < -0.4 is 4.72 Å². The smallest absolute Gasteiger partial charge is 0.268 e. The first-order valence-corrected chi connectivity index (χ1v) is 5.37. The van der Waals surface area contributed by atoms with Crippen molar-refractivity contribution in [2.45, 2.75) is 0 Å². The summed E-state index contributed by atoms with van der Waals surface area (Å²) >= 11 is 0. The number of nitrogens with one attached hydrogen (secondary N) is 1. The highest BCUT2D eigenvalue weighted by molar-refractivity contribution is 8.14. The van der Waals surface area contributed by atoms with E-state index in [0.29, 0.717) is 6.07 Å². The van der Waals surface area contributed by atoms with Crippen molar-refractivity contribution in [3.8, 4) is 0 Å². The molecule has 0 radical (unpaired) electrons. The Morgan fingerprint density at radius 2 is 1.92 bits per heavy atom. The van der Waals surface area contributed by atoms with Crippen LogP contribution in [0.5, 0.6) is 0 Å². The second-order valence-electron chi connectivity index (χ2n) is 2.16. The maximum atomic E-state index is 12.7. The number of anilines is 1. The van der Waals surface area contributed by atoms with Gasteiger partial charge in [0.1, 0.15) is 11.6 Å². The predicted octanol–water partition coefficient (Wildman–Crippen LogP) is 1.86. The van der Waals surface area contributed by atoms with E-state index in [2.05, 4.69) is 0 Å². The lowest BCUT2D eigenvalue weighted by atomic mass is 10.3. The predicted molar refractivity (Wildman–Crippen MR) is 44.8 cm³/mol. The van der Waals surface area contributed by atoms with Crippen molar-refractivity contribution < 1.29 is 17.2 Å². The Balaban J connectivity index is 3.08. The van der Waals surface area contributed by atoms with Crippen molar-refractivity contribution in [3.05, 3.63) is 29.8 Å². The van der Waals surface area contributed by atoms with Crippen molar-refractivity contribution in [3.63, 3.8) is 0 Å². The second kappa shape index (κ2) is 3.47. The van der Waals surface area contributed by atoms with Crippen LogP contribution in [0.3, 0.4) is 0 Å². The first-order valence-electron chi connectivity index (χ1n) is 3.06. The third kappa shape index (κ3) is 3.16. The van der Waals surface area contributed by atoms with Gasteiger partial charge in [-0.2, -0.15) is 8.42 Å². The number of rotatable bonds is 2. The molecule has 0 aliphatic heterocycles. The Kier molecular flexibility index (Phi) is 2.72. The highest BCUT2D eigenvalue weighted by Crippen LogP contribution is 2.17. The molecule has 13 heavy (non-hydrogen) atoms. The van der Waals surface area contributed by atoms with E-state index in [-0.39, 0.29) is 0 Å². The third-order valence-corrected chi connectivity index (χ3v) is 1.86. The SMILES string of the molecule is O=S(=O)(Cl)Nc1cc(F)ccc1F. The number of hydrogen-bond acceptors (Lipinski definition) is 2. The van der Waals surface area contributed by atoms with E-state index < -0.39 is 26.6 Å². The summed E-state index contributed by atoms with van der Waals surface area (Å²) in [7, 11) is 0.663. The van der Waals surface area contributed by atoms with Gasteiger partial charge in [0.05, 0.1) is 5.69 Å². The van der Waals surface area contributed by atoms with E-state index in [1.54, 1.807) is 4.72 Å². The largest absolute Gasteiger partial charge is 0.319 e. The molecule has 0 spiro atoms. The minimum atomic E-state index is -4.10. The fourth-order valence-electron chi connectivity index (χ4n) is 0.707. The van der Waals surface area contributed by atoms with Gasteiger partial charge in [0.25, 0.3) is 0 Å².